The van der Waals surface area contributed by atoms with Crippen LogP contribution in [0.25, 0.3) is 0 Å². The highest BCUT2D eigenvalue weighted by atomic mass is 79.9. The second kappa shape index (κ2) is 6.55. The topological polar surface area (TPSA) is 20.3 Å². The molecule has 1 atom stereocenters. The summed E-state index contributed by atoms with van der Waals surface area (Å²) >= 11 is 5.36. The summed E-state index contributed by atoms with van der Waals surface area (Å²) in [6.07, 6.45) is 1.02. The third kappa shape index (κ3) is 3.49. The molecule has 0 amide bonds. The summed E-state index contributed by atoms with van der Waals surface area (Å²) in [5.74, 6) is 0.0894. The average molecular weight is 352 g/mol. The maximum Gasteiger partial charge on any atom is 0.159 e. The van der Waals surface area contributed by atoms with E-state index in [0.29, 0.717) is 6.04 Å². The SMILES string of the molecule is CC(=O)c1ccc(N(C)C(C)Cc2cccs2)c(Br)c1. The second-order valence-corrected chi connectivity index (χ2v) is 6.85. The number of anilines is 1. The zero-order valence-electron chi connectivity index (χ0n) is 11.9. The zero-order chi connectivity index (χ0) is 14.7. The average Bonchev–Trinajstić information content (AvgIpc) is 2.90. The van der Waals surface area contributed by atoms with Crippen molar-refractivity contribution in [1.29, 1.82) is 0 Å². The smallest absolute Gasteiger partial charge is 0.159 e. The number of thiophene rings is 1. The molecule has 4 heteroatoms. The van der Waals surface area contributed by atoms with Crippen LogP contribution in [0.5, 0.6) is 0 Å². The molecule has 2 aromatic rings. The normalized spacial score (nSPS) is 12.2. The lowest BCUT2D eigenvalue weighted by Crippen LogP contribution is -2.30. The molecule has 1 aromatic heterocycles. The predicted octanol–water partition coefficient (Wildman–Crippen LogP) is 4.78. The fourth-order valence-electron chi connectivity index (χ4n) is 2.11. The van der Waals surface area contributed by atoms with Crippen molar-refractivity contribution >= 4 is 38.7 Å². The van der Waals surface area contributed by atoms with E-state index in [9.17, 15) is 4.79 Å². The Hall–Kier alpha value is -1.13. The van der Waals surface area contributed by atoms with Gasteiger partial charge < -0.3 is 4.90 Å². The molecular formula is C16H18BrNOS. The molecule has 1 unspecified atom stereocenters. The summed E-state index contributed by atoms with van der Waals surface area (Å²) < 4.78 is 0.964. The van der Waals surface area contributed by atoms with Gasteiger partial charge >= 0.3 is 0 Å². The maximum atomic E-state index is 11.4. The van der Waals surface area contributed by atoms with Crippen LogP contribution in [0.3, 0.4) is 0 Å². The Kier molecular flexibility index (Phi) is 5.00. The molecule has 0 aliphatic heterocycles. The molecule has 0 bridgehead atoms. The Morgan fingerprint density at radius 1 is 1.40 bits per heavy atom. The molecule has 0 N–H and O–H groups in total. The molecule has 0 fully saturated rings. The molecule has 1 heterocycles. The number of carbonyl (C=O) groups is 1. The van der Waals surface area contributed by atoms with Gasteiger partial charge in [0.2, 0.25) is 0 Å². The highest BCUT2D eigenvalue weighted by Gasteiger charge is 2.14. The van der Waals surface area contributed by atoms with Crippen molar-refractivity contribution in [3.05, 3.63) is 50.6 Å². The summed E-state index contributed by atoms with van der Waals surface area (Å²) in [5, 5.41) is 2.11. The largest absolute Gasteiger partial charge is 0.371 e. The Morgan fingerprint density at radius 3 is 2.70 bits per heavy atom. The summed E-state index contributed by atoms with van der Waals surface area (Å²) in [5.41, 5.74) is 1.85. The molecule has 2 nitrogen and oxygen atoms in total. The first kappa shape index (κ1) is 15.3. The van der Waals surface area contributed by atoms with Crippen molar-refractivity contribution in [3.63, 3.8) is 0 Å². The van der Waals surface area contributed by atoms with Gasteiger partial charge in [-0.15, -0.1) is 11.3 Å². The van der Waals surface area contributed by atoms with E-state index < -0.39 is 0 Å². The quantitative estimate of drug-likeness (QED) is 0.722. The summed E-state index contributed by atoms with van der Waals surface area (Å²) in [6, 6.07) is 10.4. The van der Waals surface area contributed by atoms with Crippen molar-refractivity contribution in [1.82, 2.24) is 0 Å². The number of likely N-dealkylation sites (N-methyl/N-ethyl adjacent to an activating group) is 1. The first-order chi connectivity index (χ1) is 9.49. The number of carbonyl (C=O) groups excluding carboxylic acids is 1. The van der Waals surface area contributed by atoms with Gasteiger partial charge in [0.25, 0.3) is 0 Å². The van der Waals surface area contributed by atoms with Crippen LogP contribution in [0.4, 0.5) is 5.69 Å². The maximum absolute atomic E-state index is 11.4. The van der Waals surface area contributed by atoms with E-state index in [1.807, 2.05) is 18.2 Å². The molecule has 0 aliphatic carbocycles. The second-order valence-electron chi connectivity index (χ2n) is 4.97. The summed E-state index contributed by atoms with van der Waals surface area (Å²) in [6.45, 7) is 3.80. The molecule has 0 radical (unpaired) electrons. The van der Waals surface area contributed by atoms with Gasteiger partial charge in [-0.1, -0.05) is 6.07 Å². The third-order valence-electron chi connectivity index (χ3n) is 3.47. The summed E-state index contributed by atoms with van der Waals surface area (Å²) in [4.78, 5) is 15.0. The van der Waals surface area contributed by atoms with E-state index in [1.165, 1.54) is 4.88 Å². The lowest BCUT2D eigenvalue weighted by molar-refractivity contribution is 0.101. The van der Waals surface area contributed by atoms with Gasteiger partial charge in [0, 0.05) is 34.4 Å². The van der Waals surface area contributed by atoms with Crippen LogP contribution in [0.1, 0.15) is 29.1 Å². The van der Waals surface area contributed by atoms with Crippen molar-refractivity contribution in [3.8, 4) is 0 Å². The zero-order valence-corrected chi connectivity index (χ0v) is 14.3. The van der Waals surface area contributed by atoms with E-state index in [-0.39, 0.29) is 5.78 Å². The summed E-state index contributed by atoms with van der Waals surface area (Å²) in [7, 11) is 2.09. The first-order valence-electron chi connectivity index (χ1n) is 6.54. The predicted molar refractivity (Wildman–Crippen MR) is 90.0 cm³/mol. The fourth-order valence-corrected chi connectivity index (χ4v) is 3.59. The number of rotatable bonds is 5. The number of benzene rings is 1. The van der Waals surface area contributed by atoms with Crippen molar-refractivity contribution in [2.75, 3.05) is 11.9 Å². The van der Waals surface area contributed by atoms with Crippen LogP contribution in [0.15, 0.2) is 40.2 Å². The van der Waals surface area contributed by atoms with Gasteiger partial charge in [-0.25, -0.2) is 0 Å². The van der Waals surface area contributed by atoms with Crippen molar-refractivity contribution < 1.29 is 4.79 Å². The van der Waals surface area contributed by atoms with Gasteiger partial charge in [0.05, 0.1) is 5.69 Å². The molecule has 20 heavy (non-hydrogen) atoms. The molecule has 0 saturated heterocycles. The van der Waals surface area contributed by atoms with E-state index >= 15 is 0 Å². The van der Waals surface area contributed by atoms with E-state index in [4.69, 9.17) is 0 Å². The van der Waals surface area contributed by atoms with Gasteiger partial charge in [-0.2, -0.15) is 0 Å². The minimum atomic E-state index is 0.0894. The minimum absolute atomic E-state index is 0.0894. The molecule has 106 valence electrons. The first-order valence-corrected chi connectivity index (χ1v) is 8.22. The van der Waals surface area contributed by atoms with Crippen LogP contribution < -0.4 is 4.90 Å². The van der Waals surface area contributed by atoms with Gasteiger partial charge in [-0.3, -0.25) is 4.79 Å². The van der Waals surface area contributed by atoms with Crippen LogP contribution in [0.2, 0.25) is 0 Å². The van der Waals surface area contributed by atoms with E-state index in [1.54, 1.807) is 18.3 Å². The van der Waals surface area contributed by atoms with Crippen molar-refractivity contribution in [2.45, 2.75) is 26.3 Å². The van der Waals surface area contributed by atoms with Crippen LogP contribution >= 0.6 is 27.3 Å². The van der Waals surface area contributed by atoms with E-state index in [0.717, 1.165) is 22.1 Å². The molecule has 0 spiro atoms. The lowest BCUT2D eigenvalue weighted by atomic mass is 10.1. The molecular weight excluding hydrogens is 334 g/mol. The van der Waals surface area contributed by atoms with Gasteiger partial charge in [0.1, 0.15) is 0 Å². The van der Waals surface area contributed by atoms with Crippen LogP contribution in [-0.4, -0.2) is 18.9 Å². The number of ketones is 1. The number of hydrogen-bond donors (Lipinski definition) is 0. The third-order valence-corrected chi connectivity index (χ3v) is 5.01. The number of halogens is 1. The van der Waals surface area contributed by atoms with Crippen molar-refractivity contribution in [2.24, 2.45) is 0 Å². The van der Waals surface area contributed by atoms with Crippen LogP contribution in [-0.2, 0) is 6.42 Å². The van der Waals surface area contributed by atoms with Gasteiger partial charge in [-0.05, 0) is 59.4 Å². The van der Waals surface area contributed by atoms with Gasteiger partial charge in [0.15, 0.2) is 5.78 Å². The fraction of sp³-hybridized carbons (Fsp3) is 0.312. The molecule has 0 saturated carbocycles. The Labute approximate surface area is 132 Å². The minimum Gasteiger partial charge on any atom is -0.371 e. The highest BCUT2D eigenvalue weighted by Crippen LogP contribution is 2.29. The highest BCUT2D eigenvalue weighted by molar-refractivity contribution is 9.10. The number of Topliss-reactive ketones (excluding diaryl/α,β-unsaturated/α-hetero) is 1. The molecule has 0 aliphatic rings. The Balaban J connectivity index is 2.16. The molecule has 2 rings (SSSR count). The van der Waals surface area contributed by atoms with Crippen LogP contribution in [0, 0.1) is 0 Å². The Bertz CT molecular complexity index is 595. The molecule has 1 aromatic carbocycles. The number of nitrogens with zero attached hydrogens (tertiary/aromatic N) is 1. The van der Waals surface area contributed by atoms with E-state index in [2.05, 4.69) is 52.3 Å². The standard InChI is InChI=1S/C16H18BrNOS/c1-11(9-14-5-4-8-20-14)18(3)16-7-6-13(12(2)19)10-15(16)17/h4-8,10-11H,9H2,1-3H3. The lowest BCUT2D eigenvalue weighted by Gasteiger charge is -2.28. The monoisotopic (exact) mass is 351 g/mol. The Morgan fingerprint density at radius 2 is 2.15 bits per heavy atom. The number of hydrogen-bond acceptors (Lipinski definition) is 3.